The molecule has 0 aliphatic carbocycles. The number of benzene rings is 1. The van der Waals surface area contributed by atoms with Gasteiger partial charge in [0.1, 0.15) is 18.5 Å². The third-order valence-corrected chi connectivity index (χ3v) is 6.13. The Bertz CT molecular complexity index is 767. The number of hydrogen-bond donors (Lipinski definition) is 1. The Labute approximate surface area is 167 Å². The zero-order valence-corrected chi connectivity index (χ0v) is 17.3. The van der Waals surface area contributed by atoms with Gasteiger partial charge in [-0.3, -0.25) is 19.9 Å². The van der Waals surface area contributed by atoms with Crippen LogP contribution in [0.1, 0.15) is 32.3 Å². The van der Waals surface area contributed by atoms with Crippen molar-refractivity contribution in [2.24, 2.45) is 5.92 Å². The highest BCUT2D eigenvalue weighted by Gasteiger charge is 2.55. The minimum atomic E-state index is -0.326. The summed E-state index contributed by atoms with van der Waals surface area (Å²) in [5, 5.41) is 3.57. The van der Waals surface area contributed by atoms with Gasteiger partial charge in [-0.2, -0.15) is 0 Å². The molecular formula is C21H31N5O2. The zero-order chi connectivity index (χ0) is 20.0. The smallest absolute Gasteiger partial charge is 0.327 e. The first-order valence-electron chi connectivity index (χ1n) is 10.3. The maximum atomic E-state index is 13.3. The molecule has 3 fully saturated rings. The Kier molecular flexibility index (Phi) is 5.05. The van der Waals surface area contributed by atoms with Crippen LogP contribution < -0.4 is 10.2 Å². The van der Waals surface area contributed by atoms with Crippen molar-refractivity contribution in [1.29, 1.82) is 0 Å². The number of nitrogens with one attached hydrogen (secondary N) is 1. The van der Waals surface area contributed by atoms with Gasteiger partial charge >= 0.3 is 6.03 Å². The van der Waals surface area contributed by atoms with Crippen LogP contribution in [0.15, 0.2) is 24.3 Å². The molecular weight excluding hydrogens is 354 g/mol. The maximum absolute atomic E-state index is 13.3. The van der Waals surface area contributed by atoms with E-state index in [2.05, 4.69) is 60.2 Å². The van der Waals surface area contributed by atoms with Gasteiger partial charge in [0.25, 0.3) is 5.91 Å². The number of fused-ring (bicyclic) bond motifs is 3. The number of imide groups is 1. The monoisotopic (exact) mass is 385 g/mol. The summed E-state index contributed by atoms with van der Waals surface area (Å²) in [6, 6.07) is 7.94. The van der Waals surface area contributed by atoms with Crippen molar-refractivity contribution in [3.05, 3.63) is 29.8 Å². The van der Waals surface area contributed by atoms with Gasteiger partial charge < -0.3 is 9.80 Å². The molecule has 3 heterocycles. The summed E-state index contributed by atoms with van der Waals surface area (Å²) in [7, 11) is 1.80. The lowest BCUT2D eigenvalue weighted by atomic mass is 10.1. The van der Waals surface area contributed by atoms with E-state index in [4.69, 9.17) is 0 Å². The van der Waals surface area contributed by atoms with Gasteiger partial charge in [0.05, 0.1) is 0 Å². The normalized spacial score (nSPS) is 28.2. The van der Waals surface area contributed by atoms with Gasteiger partial charge in [-0.15, -0.1) is 0 Å². The Hall–Kier alpha value is -2.12. The van der Waals surface area contributed by atoms with Gasteiger partial charge in [0.2, 0.25) is 0 Å². The Morgan fingerprint density at radius 1 is 1.21 bits per heavy atom. The van der Waals surface area contributed by atoms with Crippen LogP contribution in [0, 0.1) is 12.8 Å². The predicted molar refractivity (Wildman–Crippen MR) is 109 cm³/mol. The number of carbonyl (C=O) groups excluding carboxylic acids is 2. The Morgan fingerprint density at radius 2 is 2.00 bits per heavy atom. The van der Waals surface area contributed by atoms with E-state index in [0.29, 0.717) is 12.5 Å². The number of carbonyl (C=O) groups is 2. The van der Waals surface area contributed by atoms with Crippen LogP contribution >= 0.6 is 0 Å². The van der Waals surface area contributed by atoms with Crippen molar-refractivity contribution in [1.82, 2.24) is 20.0 Å². The summed E-state index contributed by atoms with van der Waals surface area (Å²) in [5.74, 6) is 0.389. The van der Waals surface area contributed by atoms with E-state index in [9.17, 15) is 9.59 Å². The second-order valence-electron chi connectivity index (χ2n) is 8.62. The summed E-state index contributed by atoms with van der Waals surface area (Å²) < 4.78 is 0. The average molecular weight is 386 g/mol. The molecule has 1 aromatic carbocycles. The molecule has 0 spiro atoms. The number of nitrogens with zero attached hydrogens (tertiary/aromatic N) is 4. The molecule has 4 rings (SSSR count). The van der Waals surface area contributed by atoms with E-state index in [0.717, 1.165) is 31.6 Å². The maximum Gasteiger partial charge on any atom is 0.327 e. The van der Waals surface area contributed by atoms with Crippen LogP contribution in [-0.2, 0) is 4.79 Å². The molecule has 0 saturated carbocycles. The fourth-order valence-corrected chi connectivity index (χ4v) is 4.58. The highest BCUT2D eigenvalue weighted by Crippen LogP contribution is 2.33. The molecule has 0 aromatic heterocycles. The molecule has 7 heteroatoms. The number of aryl methyl sites for hydroxylation is 1. The van der Waals surface area contributed by atoms with Crippen molar-refractivity contribution in [2.45, 2.75) is 52.1 Å². The highest BCUT2D eigenvalue weighted by atomic mass is 16.2. The highest BCUT2D eigenvalue weighted by molar-refractivity contribution is 6.00. The average Bonchev–Trinajstić information content (AvgIpc) is 3.06. The number of urea groups is 1. The standard InChI is InChI=1S/C21H31N5O2/c1-14(2)9-12-26-19(27)17-18(23(4)21(26)28)22-20-24(10-6-11-25(17)20)16-8-5-7-15(3)13-16/h5,7-8,13-14,17-18,20,22H,6,9-12H2,1-4H3. The lowest BCUT2D eigenvalue weighted by molar-refractivity contribution is -0.138. The minimum Gasteiger partial charge on any atom is -0.343 e. The quantitative estimate of drug-likeness (QED) is 0.859. The molecule has 3 aliphatic rings. The Morgan fingerprint density at radius 3 is 2.71 bits per heavy atom. The van der Waals surface area contributed by atoms with Crippen LogP contribution in [0.2, 0.25) is 0 Å². The lowest BCUT2D eigenvalue weighted by Crippen LogP contribution is -2.66. The summed E-state index contributed by atoms with van der Waals surface area (Å²) >= 11 is 0. The molecule has 3 atom stereocenters. The van der Waals surface area contributed by atoms with Crippen LogP contribution in [0.4, 0.5) is 10.5 Å². The van der Waals surface area contributed by atoms with Crippen molar-refractivity contribution in [2.75, 3.05) is 31.6 Å². The van der Waals surface area contributed by atoms with Crippen molar-refractivity contribution >= 4 is 17.6 Å². The molecule has 3 amide bonds. The van der Waals surface area contributed by atoms with Crippen LogP contribution in [0.25, 0.3) is 0 Å². The first kappa shape index (κ1) is 19.2. The van der Waals surface area contributed by atoms with Crippen molar-refractivity contribution < 1.29 is 9.59 Å². The van der Waals surface area contributed by atoms with E-state index in [-0.39, 0.29) is 30.4 Å². The molecule has 0 radical (unpaired) electrons. The minimum absolute atomic E-state index is 0.0603. The molecule has 3 unspecified atom stereocenters. The first-order valence-corrected chi connectivity index (χ1v) is 10.3. The Balaban J connectivity index is 1.61. The number of hydrogen-bond acceptors (Lipinski definition) is 5. The number of rotatable bonds is 4. The topological polar surface area (TPSA) is 59.1 Å². The van der Waals surface area contributed by atoms with Crippen molar-refractivity contribution in [3.8, 4) is 0 Å². The summed E-state index contributed by atoms with van der Waals surface area (Å²) in [5.41, 5.74) is 2.37. The fourth-order valence-electron chi connectivity index (χ4n) is 4.58. The molecule has 3 aliphatic heterocycles. The second kappa shape index (κ2) is 7.37. The van der Waals surface area contributed by atoms with Crippen molar-refractivity contribution in [3.63, 3.8) is 0 Å². The SMILES string of the molecule is Cc1cccc(N2CCCN3C4C(=O)N(CCC(C)C)C(=O)N(C)C4NC23)c1. The van der Waals surface area contributed by atoms with Gasteiger partial charge in [0, 0.05) is 32.4 Å². The summed E-state index contributed by atoms with van der Waals surface area (Å²) in [4.78, 5) is 33.9. The van der Waals surface area contributed by atoms with E-state index in [1.165, 1.54) is 10.5 Å². The first-order chi connectivity index (χ1) is 13.4. The molecule has 1 aromatic rings. The van der Waals surface area contributed by atoms with E-state index < -0.39 is 0 Å². The summed E-state index contributed by atoms with van der Waals surface area (Å²) in [6.07, 6.45) is 1.46. The van der Waals surface area contributed by atoms with Gasteiger partial charge in [-0.25, -0.2) is 4.79 Å². The summed E-state index contributed by atoms with van der Waals surface area (Å²) in [6.45, 7) is 8.59. The molecule has 152 valence electrons. The van der Waals surface area contributed by atoms with Crippen LogP contribution in [0.5, 0.6) is 0 Å². The van der Waals surface area contributed by atoms with Gasteiger partial charge in [-0.05, 0) is 43.4 Å². The third kappa shape index (κ3) is 3.16. The molecule has 28 heavy (non-hydrogen) atoms. The van der Waals surface area contributed by atoms with E-state index in [1.807, 2.05) is 0 Å². The lowest BCUT2D eigenvalue weighted by Gasteiger charge is -2.44. The zero-order valence-electron chi connectivity index (χ0n) is 17.3. The molecule has 7 nitrogen and oxygen atoms in total. The fraction of sp³-hybridized carbons (Fsp3) is 0.619. The van der Waals surface area contributed by atoms with Crippen LogP contribution in [-0.4, -0.2) is 71.8 Å². The number of likely N-dealkylation sites (N-methyl/N-ethyl adjacent to an activating group) is 1. The predicted octanol–water partition coefficient (Wildman–Crippen LogP) is 2.03. The second-order valence-corrected chi connectivity index (χ2v) is 8.62. The molecule has 0 bridgehead atoms. The van der Waals surface area contributed by atoms with Gasteiger partial charge in [0.15, 0.2) is 0 Å². The molecule has 3 saturated heterocycles. The number of anilines is 1. The number of amides is 3. The van der Waals surface area contributed by atoms with Crippen LogP contribution in [0.3, 0.4) is 0 Å². The van der Waals surface area contributed by atoms with E-state index in [1.54, 1.807) is 11.9 Å². The van der Waals surface area contributed by atoms with Gasteiger partial charge in [-0.1, -0.05) is 26.0 Å². The van der Waals surface area contributed by atoms with E-state index >= 15 is 0 Å². The molecule has 1 N–H and O–H groups in total. The third-order valence-electron chi connectivity index (χ3n) is 6.13. The largest absolute Gasteiger partial charge is 0.343 e.